The van der Waals surface area contributed by atoms with Gasteiger partial charge in [0, 0.05) is 24.1 Å². The number of carbonyl (C=O) groups is 1. The zero-order valence-electron chi connectivity index (χ0n) is 13.5. The molecule has 25 heavy (non-hydrogen) atoms. The van der Waals surface area contributed by atoms with Gasteiger partial charge in [-0.2, -0.15) is 0 Å². The van der Waals surface area contributed by atoms with Gasteiger partial charge in [0.2, 0.25) is 0 Å². The number of nitrogens with one attached hydrogen (secondary N) is 1. The monoisotopic (exact) mass is 377 g/mol. The zero-order valence-corrected chi connectivity index (χ0v) is 15.1. The van der Waals surface area contributed by atoms with E-state index < -0.39 is 0 Å². The fourth-order valence-corrected chi connectivity index (χ4v) is 4.06. The van der Waals surface area contributed by atoms with Gasteiger partial charge < -0.3 is 10.4 Å². The van der Waals surface area contributed by atoms with Crippen LogP contribution in [-0.2, 0) is 0 Å². The second kappa shape index (κ2) is 7.81. The predicted octanol–water partition coefficient (Wildman–Crippen LogP) is 3.49. The SMILES string of the molecule is Cc1nc(-c2ccc(F)cc2)c(-c2nc(C(=O)NCCCO)cs2)s1. The van der Waals surface area contributed by atoms with Crippen LogP contribution in [0, 0.1) is 12.7 Å². The Bertz CT molecular complexity index is 874. The molecule has 2 aromatic heterocycles. The highest BCUT2D eigenvalue weighted by molar-refractivity contribution is 7.21. The average molecular weight is 377 g/mol. The molecular weight excluding hydrogens is 361 g/mol. The van der Waals surface area contributed by atoms with Gasteiger partial charge in [-0.15, -0.1) is 22.7 Å². The van der Waals surface area contributed by atoms with Crippen LogP contribution in [-0.4, -0.2) is 34.1 Å². The van der Waals surface area contributed by atoms with E-state index in [1.54, 1.807) is 17.5 Å². The fourth-order valence-electron chi connectivity index (χ4n) is 2.23. The summed E-state index contributed by atoms with van der Waals surface area (Å²) in [5, 5.41) is 14.8. The number of amides is 1. The summed E-state index contributed by atoms with van der Waals surface area (Å²) in [6.45, 7) is 2.34. The van der Waals surface area contributed by atoms with Crippen LogP contribution in [0.4, 0.5) is 4.39 Å². The van der Waals surface area contributed by atoms with Crippen molar-refractivity contribution in [3.8, 4) is 21.1 Å². The van der Waals surface area contributed by atoms with E-state index in [1.165, 1.54) is 34.8 Å². The fraction of sp³-hybridized carbons (Fsp3) is 0.235. The van der Waals surface area contributed by atoms with E-state index in [2.05, 4.69) is 15.3 Å². The highest BCUT2D eigenvalue weighted by Crippen LogP contribution is 2.38. The lowest BCUT2D eigenvalue weighted by molar-refractivity contribution is 0.0947. The van der Waals surface area contributed by atoms with Crippen molar-refractivity contribution in [1.82, 2.24) is 15.3 Å². The molecule has 5 nitrogen and oxygen atoms in total. The summed E-state index contributed by atoms with van der Waals surface area (Å²) < 4.78 is 13.2. The molecule has 1 amide bonds. The van der Waals surface area contributed by atoms with E-state index in [0.29, 0.717) is 23.7 Å². The van der Waals surface area contributed by atoms with Crippen molar-refractivity contribution >= 4 is 28.6 Å². The van der Waals surface area contributed by atoms with Gasteiger partial charge in [-0.05, 0) is 37.6 Å². The molecule has 0 fully saturated rings. The largest absolute Gasteiger partial charge is 0.396 e. The molecule has 0 radical (unpaired) electrons. The van der Waals surface area contributed by atoms with E-state index in [0.717, 1.165) is 21.1 Å². The molecule has 130 valence electrons. The lowest BCUT2D eigenvalue weighted by Crippen LogP contribution is -2.25. The molecule has 1 aromatic carbocycles. The standard InChI is InChI=1S/C17H16FN3O2S2/c1-10-20-14(11-3-5-12(18)6-4-11)15(25-10)17-21-13(9-24-17)16(23)19-7-2-8-22/h3-6,9,22H,2,7-8H2,1H3,(H,19,23). The van der Waals surface area contributed by atoms with Gasteiger partial charge in [0.05, 0.1) is 15.6 Å². The molecular formula is C17H16FN3O2S2. The number of hydrogen-bond donors (Lipinski definition) is 2. The van der Waals surface area contributed by atoms with Crippen LogP contribution < -0.4 is 5.32 Å². The smallest absolute Gasteiger partial charge is 0.270 e. The molecule has 0 aliphatic heterocycles. The van der Waals surface area contributed by atoms with Crippen molar-refractivity contribution in [2.24, 2.45) is 0 Å². The van der Waals surface area contributed by atoms with E-state index in [9.17, 15) is 9.18 Å². The first-order valence-corrected chi connectivity index (χ1v) is 9.36. The third kappa shape index (κ3) is 4.09. The second-order valence-corrected chi connectivity index (χ2v) is 7.35. The van der Waals surface area contributed by atoms with E-state index >= 15 is 0 Å². The van der Waals surface area contributed by atoms with Gasteiger partial charge in [0.1, 0.15) is 16.5 Å². The summed E-state index contributed by atoms with van der Waals surface area (Å²) in [6.07, 6.45) is 0.505. The Balaban J connectivity index is 1.88. The topological polar surface area (TPSA) is 75.1 Å². The van der Waals surface area contributed by atoms with Gasteiger partial charge in [-0.3, -0.25) is 4.79 Å². The van der Waals surface area contributed by atoms with Gasteiger partial charge in [0.25, 0.3) is 5.91 Å². The maximum absolute atomic E-state index is 13.2. The Labute approximate surface area is 152 Å². The van der Waals surface area contributed by atoms with Crippen LogP contribution in [0.3, 0.4) is 0 Å². The molecule has 0 bridgehead atoms. The van der Waals surface area contributed by atoms with Crippen molar-refractivity contribution in [3.63, 3.8) is 0 Å². The molecule has 0 spiro atoms. The minimum absolute atomic E-state index is 0.0315. The van der Waals surface area contributed by atoms with Gasteiger partial charge in [-0.1, -0.05) is 0 Å². The maximum atomic E-state index is 13.2. The molecule has 0 aliphatic carbocycles. The molecule has 0 aliphatic rings. The summed E-state index contributed by atoms with van der Waals surface area (Å²) in [7, 11) is 0. The third-order valence-corrected chi connectivity index (χ3v) is 5.37. The summed E-state index contributed by atoms with van der Waals surface area (Å²) in [5.41, 5.74) is 1.89. The second-order valence-electron chi connectivity index (χ2n) is 5.29. The Morgan fingerprint density at radius 1 is 1.28 bits per heavy atom. The number of aliphatic hydroxyl groups excluding tert-OH is 1. The number of halogens is 1. The van der Waals surface area contributed by atoms with Gasteiger partial charge >= 0.3 is 0 Å². The molecule has 0 saturated carbocycles. The number of thiazole rings is 2. The summed E-state index contributed by atoms with van der Waals surface area (Å²) >= 11 is 2.86. The van der Waals surface area contributed by atoms with E-state index in [4.69, 9.17) is 5.11 Å². The average Bonchev–Trinajstić information content (AvgIpc) is 3.22. The van der Waals surface area contributed by atoms with Crippen LogP contribution in [0.5, 0.6) is 0 Å². The van der Waals surface area contributed by atoms with Crippen LogP contribution in [0.2, 0.25) is 0 Å². The number of rotatable bonds is 6. The number of benzene rings is 1. The van der Waals surface area contributed by atoms with Crippen LogP contribution in [0.15, 0.2) is 29.6 Å². The highest BCUT2D eigenvalue weighted by atomic mass is 32.1. The van der Waals surface area contributed by atoms with Crippen LogP contribution >= 0.6 is 22.7 Å². The number of aryl methyl sites for hydroxylation is 1. The number of nitrogens with zero attached hydrogens (tertiary/aromatic N) is 2. The molecule has 3 aromatic rings. The number of carbonyl (C=O) groups excluding carboxylic acids is 1. The first-order valence-electron chi connectivity index (χ1n) is 7.67. The number of hydrogen-bond acceptors (Lipinski definition) is 6. The quantitative estimate of drug-likeness (QED) is 0.645. The van der Waals surface area contributed by atoms with Crippen molar-refractivity contribution in [2.45, 2.75) is 13.3 Å². The van der Waals surface area contributed by atoms with Crippen molar-refractivity contribution in [3.05, 3.63) is 46.2 Å². The third-order valence-electron chi connectivity index (χ3n) is 3.40. The molecule has 0 saturated heterocycles. The molecule has 0 unspecified atom stereocenters. The molecule has 2 N–H and O–H groups in total. The molecule has 0 atom stereocenters. The van der Waals surface area contributed by atoms with E-state index in [-0.39, 0.29) is 18.3 Å². The number of aliphatic hydroxyl groups is 1. The lowest BCUT2D eigenvalue weighted by Gasteiger charge is -2.01. The van der Waals surface area contributed by atoms with Crippen molar-refractivity contribution in [2.75, 3.05) is 13.2 Å². The minimum Gasteiger partial charge on any atom is -0.396 e. The van der Waals surface area contributed by atoms with E-state index in [1.807, 2.05) is 6.92 Å². The summed E-state index contributed by atoms with van der Waals surface area (Å²) in [4.78, 5) is 21.9. The Morgan fingerprint density at radius 3 is 2.76 bits per heavy atom. The first-order chi connectivity index (χ1) is 12.1. The van der Waals surface area contributed by atoms with Crippen molar-refractivity contribution in [1.29, 1.82) is 0 Å². The van der Waals surface area contributed by atoms with Crippen LogP contribution in [0.1, 0.15) is 21.9 Å². The highest BCUT2D eigenvalue weighted by Gasteiger charge is 2.18. The molecule has 8 heteroatoms. The zero-order chi connectivity index (χ0) is 17.8. The Hall–Kier alpha value is -2.16. The lowest BCUT2D eigenvalue weighted by atomic mass is 10.1. The Kier molecular flexibility index (Phi) is 5.52. The predicted molar refractivity (Wildman–Crippen MR) is 97.4 cm³/mol. The van der Waals surface area contributed by atoms with Crippen LogP contribution in [0.25, 0.3) is 21.1 Å². The summed E-state index contributed by atoms with van der Waals surface area (Å²) in [6, 6.07) is 6.16. The Morgan fingerprint density at radius 2 is 2.04 bits per heavy atom. The van der Waals surface area contributed by atoms with Crippen molar-refractivity contribution < 1.29 is 14.3 Å². The first kappa shape index (κ1) is 17.7. The van der Waals surface area contributed by atoms with Gasteiger partial charge in [0.15, 0.2) is 0 Å². The normalized spacial score (nSPS) is 10.8. The maximum Gasteiger partial charge on any atom is 0.270 e. The molecule has 2 heterocycles. The summed E-state index contributed by atoms with van der Waals surface area (Å²) in [5.74, 6) is -0.561. The minimum atomic E-state index is -0.298. The van der Waals surface area contributed by atoms with Gasteiger partial charge in [-0.25, -0.2) is 14.4 Å². The molecule has 3 rings (SSSR count). The number of aromatic nitrogens is 2.